The lowest BCUT2D eigenvalue weighted by atomic mass is 9.95. The molecular weight excluding hydrogens is 286 g/mol. The number of benzene rings is 2. The summed E-state index contributed by atoms with van der Waals surface area (Å²) < 4.78 is 5.26. The van der Waals surface area contributed by atoms with E-state index in [4.69, 9.17) is 4.74 Å². The minimum absolute atomic E-state index is 0.0198. The van der Waals surface area contributed by atoms with Crippen molar-refractivity contribution in [2.75, 3.05) is 12.4 Å². The molecule has 1 atom stereocenters. The molecule has 0 spiro atoms. The fourth-order valence-electron chi connectivity index (χ4n) is 2.93. The van der Waals surface area contributed by atoms with Crippen molar-refractivity contribution in [1.82, 2.24) is 0 Å². The number of amides is 1. The summed E-state index contributed by atoms with van der Waals surface area (Å²) in [5.74, 6) is 0.986. The second-order valence-electron chi connectivity index (χ2n) is 6.26. The van der Waals surface area contributed by atoms with Gasteiger partial charge in [0.2, 0.25) is 5.91 Å². The van der Waals surface area contributed by atoms with Crippen LogP contribution in [0.1, 0.15) is 30.0 Å². The number of carbonyl (C=O) groups excluding carboxylic acids is 1. The van der Waals surface area contributed by atoms with Gasteiger partial charge in [0, 0.05) is 6.42 Å². The number of nitrogens with one attached hydrogen (secondary N) is 1. The summed E-state index contributed by atoms with van der Waals surface area (Å²) in [6, 6.07) is 14.0. The number of aryl methyl sites for hydroxylation is 2. The Morgan fingerprint density at radius 2 is 1.78 bits per heavy atom. The van der Waals surface area contributed by atoms with E-state index in [1.807, 2.05) is 24.3 Å². The largest absolute Gasteiger partial charge is 0.495 e. The number of anilines is 1. The van der Waals surface area contributed by atoms with Crippen LogP contribution in [0.15, 0.2) is 42.5 Å². The fraction of sp³-hybridized carbons (Fsp3) is 0.350. The van der Waals surface area contributed by atoms with Gasteiger partial charge in [-0.05, 0) is 43.9 Å². The van der Waals surface area contributed by atoms with Crippen LogP contribution in [-0.4, -0.2) is 13.0 Å². The average molecular weight is 311 g/mol. The highest BCUT2D eigenvalue weighted by molar-refractivity contribution is 5.92. The van der Waals surface area contributed by atoms with Gasteiger partial charge in [-0.1, -0.05) is 48.4 Å². The van der Waals surface area contributed by atoms with Gasteiger partial charge in [-0.2, -0.15) is 0 Å². The monoisotopic (exact) mass is 311 g/mol. The number of ether oxygens (including phenoxy) is 1. The van der Waals surface area contributed by atoms with Crippen molar-refractivity contribution in [3.8, 4) is 5.75 Å². The van der Waals surface area contributed by atoms with Crippen molar-refractivity contribution in [1.29, 1.82) is 0 Å². The molecule has 1 amide bonds. The van der Waals surface area contributed by atoms with Gasteiger partial charge >= 0.3 is 0 Å². The minimum atomic E-state index is 0.0198. The van der Waals surface area contributed by atoms with Crippen LogP contribution in [0.25, 0.3) is 0 Å². The van der Waals surface area contributed by atoms with E-state index in [0.717, 1.165) is 12.1 Å². The van der Waals surface area contributed by atoms with Gasteiger partial charge < -0.3 is 10.1 Å². The highest BCUT2D eigenvalue weighted by Crippen LogP contribution is 2.24. The maximum Gasteiger partial charge on any atom is 0.224 e. The van der Waals surface area contributed by atoms with Crippen molar-refractivity contribution >= 4 is 11.6 Å². The van der Waals surface area contributed by atoms with Crippen LogP contribution in [0.4, 0.5) is 5.69 Å². The van der Waals surface area contributed by atoms with Gasteiger partial charge in [-0.15, -0.1) is 0 Å². The Labute approximate surface area is 138 Å². The first-order valence-corrected chi connectivity index (χ1v) is 7.98. The molecule has 1 N–H and O–H groups in total. The lowest BCUT2D eigenvalue weighted by molar-refractivity contribution is -0.117. The number of hydrogen-bond donors (Lipinski definition) is 1. The molecule has 0 aliphatic rings. The number of para-hydroxylation sites is 2. The third-order valence-corrected chi connectivity index (χ3v) is 3.78. The maximum atomic E-state index is 12.2. The van der Waals surface area contributed by atoms with Crippen molar-refractivity contribution < 1.29 is 9.53 Å². The zero-order chi connectivity index (χ0) is 16.8. The summed E-state index contributed by atoms with van der Waals surface area (Å²) >= 11 is 0. The fourth-order valence-corrected chi connectivity index (χ4v) is 2.93. The van der Waals surface area contributed by atoms with E-state index >= 15 is 0 Å². The van der Waals surface area contributed by atoms with Crippen LogP contribution in [0.2, 0.25) is 0 Å². The molecule has 0 aliphatic carbocycles. The smallest absolute Gasteiger partial charge is 0.224 e. The first-order valence-electron chi connectivity index (χ1n) is 7.98. The molecule has 0 aliphatic heterocycles. The number of carbonyl (C=O) groups is 1. The SMILES string of the molecule is COc1ccccc1NC(=O)C[C@@H](C)Cc1cc(C)cc(C)c1. The summed E-state index contributed by atoms with van der Waals surface area (Å²) in [5, 5.41) is 2.94. The first kappa shape index (κ1) is 17.1. The van der Waals surface area contributed by atoms with Gasteiger partial charge in [0.1, 0.15) is 5.75 Å². The van der Waals surface area contributed by atoms with E-state index in [0.29, 0.717) is 12.2 Å². The van der Waals surface area contributed by atoms with E-state index in [1.54, 1.807) is 7.11 Å². The van der Waals surface area contributed by atoms with Crippen LogP contribution in [-0.2, 0) is 11.2 Å². The zero-order valence-electron chi connectivity index (χ0n) is 14.3. The molecule has 0 saturated heterocycles. The predicted octanol–water partition coefficient (Wildman–Crippen LogP) is 4.52. The minimum Gasteiger partial charge on any atom is -0.495 e. The van der Waals surface area contributed by atoms with Crippen LogP contribution < -0.4 is 10.1 Å². The molecule has 0 saturated carbocycles. The molecule has 2 aromatic carbocycles. The third-order valence-electron chi connectivity index (χ3n) is 3.78. The quantitative estimate of drug-likeness (QED) is 0.852. The zero-order valence-corrected chi connectivity index (χ0v) is 14.3. The number of rotatable bonds is 6. The maximum absolute atomic E-state index is 12.2. The van der Waals surface area contributed by atoms with Crippen molar-refractivity contribution in [2.45, 2.75) is 33.6 Å². The number of methoxy groups -OCH3 is 1. The Morgan fingerprint density at radius 3 is 2.43 bits per heavy atom. The summed E-state index contributed by atoms with van der Waals surface area (Å²) in [6.45, 7) is 6.32. The Kier molecular flexibility index (Phi) is 5.80. The number of hydrogen-bond acceptors (Lipinski definition) is 2. The molecule has 23 heavy (non-hydrogen) atoms. The molecule has 0 radical (unpaired) electrons. The molecule has 0 heterocycles. The molecular formula is C20H25NO2. The molecule has 3 heteroatoms. The van der Waals surface area contributed by atoms with Gasteiger partial charge in [0.05, 0.1) is 12.8 Å². The Balaban J connectivity index is 1.94. The predicted molar refractivity (Wildman–Crippen MR) is 95.0 cm³/mol. The van der Waals surface area contributed by atoms with Crippen LogP contribution >= 0.6 is 0 Å². The standard InChI is InChI=1S/C20H25NO2/c1-14-9-15(2)11-17(10-14)12-16(3)13-20(22)21-18-7-5-6-8-19(18)23-4/h5-11,16H,12-13H2,1-4H3,(H,21,22)/t16-/m0/s1. The third kappa shape index (κ3) is 5.13. The molecule has 122 valence electrons. The van der Waals surface area contributed by atoms with E-state index in [-0.39, 0.29) is 11.8 Å². The summed E-state index contributed by atoms with van der Waals surface area (Å²) in [6.07, 6.45) is 1.40. The molecule has 0 bridgehead atoms. The molecule has 0 aromatic heterocycles. The average Bonchev–Trinajstić information content (AvgIpc) is 2.46. The first-order chi connectivity index (χ1) is 11.0. The molecule has 2 aromatic rings. The topological polar surface area (TPSA) is 38.3 Å². The summed E-state index contributed by atoms with van der Waals surface area (Å²) in [5.41, 5.74) is 4.55. The lowest BCUT2D eigenvalue weighted by Crippen LogP contribution is -2.16. The van der Waals surface area contributed by atoms with Gasteiger partial charge in [0.25, 0.3) is 0 Å². The Hall–Kier alpha value is -2.29. The molecule has 2 rings (SSSR count). The molecule has 3 nitrogen and oxygen atoms in total. The van der Waals surface area contributed by atoms with Crippen molar-refractivity contribution in [3.05, 3.63) is 59.2 Å². The van der Waals surface area contributed by atoms with Crippen LogP contribution in [0, 0.1) is 19.8 Å². The molecule has 0 unspecified atom stereocenters. The normalized spacial score (nSPS) is 11.8. The second-order valence-corrected chi connectivity index (χ2v) is 6.26. The van der Waals surface area contributed by atoms with Crippen LogP contribution in [0.3, 0.4) is 0 Å². The summed E-state index contributed by atoms with van der Waals surface area (Å²) in [4.78, 5) is 12.2. The van der Waals surface area contributed by atoms with Crippen molar-refractivity contribution in [2.24, 2.45) is 5.92 Å². The van der Waals surface area contributed by atoms with E-state index in [1.165, 1.54) is 16.7 Å². The highest BCUT2D eigenvalue weighted by atomic mass is 16.5. The Morgan fingerprint density at radius 1 is 1.13 bits per heavy atom. The van der Waals surface area contributed by atoms with Gasteiger partial charge in [-0.3, -0.25) is 4.79 Å². The van der Waals surface area contributed by atoms with E-state index in [9.17, 15) is 4.79 Å². The highest BCUT2D eigenvalue weighted by Gasteiger charge is 2.12. The molecule has 0 fully saturated rings. The van der Waals surface area contributed by atoms with Gasteiger partial charge in [-0.25, -0.2) is 0 Å². The van der Waals surface area contributed by atoms with Gasteiger partial charge in [0.15, 0.2) is 0 Å². The second kappa shape index (κ2) is 7.82. The van der Waals surface area contributed by atoms with Crippen LogP contribution in [0.5, 0.6) is 5.75 Å². The lowest BCUT2D eigenvalue weighted by Gasteiger charge is -2.14. The Bertz CT molecular complexity index is 659. The summed E-state index contributed by atoms with van der Waals surface area (Å²) in [7, 11) is 1.60. The van der Waals surface area contributed by atoms with Crippen molar-refractivity contribution in [3.63, 3.8) is 0 Å². The van der Waals surface area contributed by atoms with E-state index < -0.39 is 0 Å². The van der Waals surface area contributed by atoms with E-state index in [2.05, 4.69) is 44.3 Å².